The number of ether oxygens (including phenoxy) is 1. The van der Waals surface area contributed by atoms with Gasteiger partial charge in [0.1, 0.15) is 5.75 Å². The van der Waals surface area contributed by atoms with E-state index in [-0.39, 0.29) is 17.6 Å². The lowest BCUT2D eigenvalue weighted by Crippen LogP contribution is -2.52. The third kappa shape index (κ3) is 4.22. The third-order valence-electron chi connectivity index (χ3n) is 6.07. The molecule has 0 aliphatic carbocycles. The fraction of sp³-hybridized carbons (Fsp3) is 0.522. The second-order valence-corrected chi connectivity index (χ2v) is 9.56. The number of piperazine rings is 1. The van der Waals surface area contributed by atoms with Crippen LogP contribution in [0.3, 0.4) is 0 Å². The summed E-state index contributed by atoms with van der Waals surface area (Å²) in [7, 11) is 0. The fourth-order valence-electron chi connectivity index (χ4n) is 4.48. The second kappa shape index (κ2) is 8.25. The number of aryl methyl sites for hydroxylation is 1. The average Bonchev–Trinajstić information content (AvgIpc) is 2.96. The minimum absolute atomic E-state index is 0.115. The van der Waals surface area contributed by atoms with Gasteiger partial charge in [-0.3, -0.25) is 9.69 Å². The van der Waals surface area contributed by atoms with Crippen molar-refractivity contribution in [3.05, 3.63) is 52.3 Å². The molecule has 1 aromatic rings. The molecule has 2 N–H and O–H groups in total. The zero-order valence-corrected chi connectivity index (χ0v) is 18.9. The van der Waals surface area contributed by atoms with Crippen molar-refractivity contribution < 1.29 is 9.53 Å². The summed E-state index contributed by atoms with van der Waals surface area (Å²) in [5, 5.41) is 7.33. The second-order valence-electron chi connectivity index (χ2n) is 9.15. The summed E-state index contributed by atoms with van der Waals surface area (Å²) in [6.45, 7) is 12.3. The number of rotatable bonds is 4. The highest BCUT2D eigenvalue weighted by Gasteiger charge is 2.43. The van der Waals surface area contributed by atoms with Crippen LogP contribution in [0, 0.1) is 12.3 Å². The van der Waals surface area contributed by atoms with Gasteiger partial charge in [0.2, 0.25) is 5.91 Å². The molecular weight excluding hydrogens is 400 g/mol. The molecule has 162 valence electrons. The fourth-order valence-corrected chi connectivity index (χ4v) is 4.75. The Morgan fingerprint density at radius 1 is 1.37 bits per heavy atom. The standard InChI is InChI=1S/C23H31ClN4O2/c1-15-6-5-7-18(24)22(15)30-20-10-19-17(11-26-20)23(3,4)14-28(19)21(29)13-27-9-8-25-16(2)12-27/h5-7,10-11,16,20,25-26H,8-9,12-14H2,1-4H3. The van der Waals surface area contributed by atoms with Gasteiger partial charge >= 0.3 is 0 Å². The lowest BCUT2D eigenvalue weighted by Gasteiger charge is -2.33. The van der Waals surface area contributed by atoms with Gasteiger partial charge in [-0.15, -0.1) is 0 Å². The van der Waals surface area contributed by atoms with Crippen LogP contribution in [0.2, 0.25) is 5.02 Å². The van der Waals surface area contributed by atoms with Crippen LogP contribution in [-0.2, 0) is 4.79 Å². The van der Waals surface area contributed by atoms with Crippen molar-refractivity contribution in [2.75, 3.05) is 32.7 Å². The number of halogens is 1. The predicted octanol–water partition coefficient (Wildman–Crippen LogP) is 2.89. The first kappa shape index (κ1) is 21.2. The Balaban J connectivity index is 1.53. The van der Waals surface area contributed by atoms with Gasteiger partial charge in [-0.05, 0) is 31.1 Å². The number of nitrogens with zero attached hydrogens (tertiary/aromatic N) is 2. The van der Waals surface area contributed by atoms with Gasteiger partial charge in [-0.1, -0.05) is 37.6 Å². The number of nitrogens with one attached hydrogen (secondary N) is 2. The molecule has 30 heavy (non-hydrogen) atoms. The number of carbonyl (C=O) groups excluding carboxylic acids is 1. The third-order valence-corrected chi connectivity index (χ3v) is 6.37. The zero-order valence-electron chi connectivity index (χ0n) is 18.2. The van der Waals surface area contributed by atoms with Crippen LogP contribution in [0.25, 0.3) is 0 Å². The number of para-hydroxylation sites is 1. The Kier molecular flexibility index (Phi) is 5.84. The van der Waals surface area contributed by atoms with Gasteiger partial charge in [0.15, 0.2) is 6.23 Å². The quantitative estimate of drug-likeness (QED) is 0.769. The van der Waals surface area contributed by atoms with E-state index in [2.05, 4.69) is 36.3 Å². The van der Waals surface area contributed by atoms with E-state index in [1.54, 1.807) is 0 Å². The van der Waals surface area contributed by atoms with E-state index in [9.17, 15) is 4.79 Å². The smallest absolute Gasteiger partial charge is 0.241 e. The number of hydrogen-bond donors (Lipinski definition) is 2. The van der Waals surface area contributed by atoms with E-state index in [0.717, 1.165) is 36.5 Å². The number of benzene rings is 1. The van der Waals surface area contributed by atoms with Gasteiger partial charge in [0.05, 0.1) is 17.3 Å². The Bertz CT molecular complexity index is 875. The maximum atomic E-state index is 13.2. The van der Waals surface area contributed by atoms with Crippen LogP contribution in [0.4, 0.5) is 0 Å². The van der Waals surface area contributed by atoms with E-state index in [1.165, 1.54) is 0 Å². The van der Waals surface area contributed by atoms with Crippen LogP contribution >= 0.6 is 11.6 Å². The molecule has 7 heteroatoms. The van der Waals surface area contributed by atoms with Gasteiger partial charge in [0, 0.05) is 49.9 Å². The molecule has 3 aliphatic heterocycles. The lowest BCUT2D eigenvalue weighted by atomic mass is 9.86. The van der Waals surface area contributed by atoms with Gasteiger partial charge in [0.25, 0.3) is 0 Å². The maximum Gasteiger partial charge on any atom is 0.241 e. The van der Waals surface area contributed by atoms with Crippen LogP contribution in [0.5, 0.6) is 5.75 Å². The van der Waals surface area contributed by atoms with Crippen LogP contribution < -0.4 is 15.4 Å². The Morgan fingerprint density at radius 2 is 2.17 bits per heavy atom. The highest BCUT2D eigenvalue weighted by Crippen LogP contribution is 2.43. The first-order chi connectivity index (χ1) is 14.2. The monoisotopic (exact) mass is 430 g/mol. The summed E-state index contributed by atoms with van der Waals surface area (Å²) in [6, 6.07) is 6.12. The molecule has 2 atom stereocenters. The lowest BCUT2D eigenvalue weighted by molar-refractivity contribution is -0.130. The number of carbonyl (C=O) groups is 1. The number of allylic oxidation sites excluding steroid dienone is 1. The minimum atomic E-state index is -0.384. The van der Waals surface area contributed by atoms with Crippen molar-refractivity contribution in [3.8, 4) is 5.75 Å². The van der Waals surface area contributed by atoms with Gasteiger partial charge < -0.3 is 20.3 Å². The van der Waals surface area contributed by atoms with Gasteiger partial charge in [-0.25, -0.2) is 0 Å². The highest BCUT2D eigenvalue weighted by atomic mass is 35.5. The highest BCUT2D eigenvalue weighted by molar-refractivity contribution is 6.32. The van der Waals surface area contributed by atoms with E-state index in [4.69, 9.17) is 16.3 Å². The largest absolute Gasteiger partial charge is 0.465 e. The SMILES string of the molecule is Cc1cccc(Cl)c1OC1C=C2C(=CN1)C(C)(C)CN2C(=O)CN1CCNC(C)C1. The van der Waals surface area contributed by atoms with Crippen molar-refractivity contribution in [3.63, 3.8) is 0 Å². The predicted molar refractivity (Wildman–Crippen MR) is 119 cm³/mol. The molecule has 3 heterocycles. The molecule has 1 amide bonds. The van der Waals surface area contributed by atoms with Crippen molar-refractivity contribution in [1.29, 1.82) is 0 Å². The van der Waals surface area contributed by atoms with E-state index in [1.807, 2.05) is 42.3 Å². The summed E-state index contributed by atoms with van der Waals surface area (Å²) in [5.41, 5.74) is 2.95. The zero-order chi connectivity index (χ0) is 21.5. The molecule has 0 saturated carbocycles. The van der Waals surface area contributed by atoms with E-state index < -0.39 is 0 Å². The first-order valence-corrected chi connectivity index (χ1v) is 11.0. The Hall–Kier alpha value is -2.02. The minimum Gasteiger partial charge on any atom is -0.465 e. The number of hydrogen-bond acceptors (Lipinski definition) is 5. The Labute approximate surface area is 183 Å². The first-order valence-electron chi connectivity index (χ1n) is 10.6. The normalized spacial score (nSPS) is 25.8. The summed E-state index contributed by atoms with van der Waals surface area (Å²) in [5.74, 6) is 0.803. The number of amides is 1. The summed E-state index contributed by atoms with van der Waals surface area (Å²) in [6.07, 6.45) is 3.61. The summed E-state index contributed by atoms with van der Waals surface area (Å²) in [4.78, 5) is 17.4. The van der Waals surface area contributed by atoms with Crippen LogP contribution in [-0.4, -0.2) is 60.7 Å². The molecule has 2 fully saturated rings. The maximum absolute atomic E-state index is 13.2. The summed E-state index contributed by atoms with van der Waals surface area (Å²) < 4.78 is 6.16. The molecule has 6 nitrogen and oxygen atoms in total. The van der Waals surface area contributed by atoms with Crippen LogP contribution in [0.15, 0.2) is 41.7 Å². The van der Waals surface area contributed by atoms with Gasteiger partial charge in [-0.2, -0.15) is 0 Å². The van der Waals surface area contributed by atoms with Crippen molar-refractivity contribution in [2.24, 2.45) is 5.41 Å². The molecule has 0 aromatic heterocycles. The topological polar surface area (TPSA) is 56.8 Å². The van der Waals surface area contributed by atoms with Crippen molar-refractivity contribution in [2.45, 2.75) is 40.0 Å². The Morgan fingerprint density at radius 3 is 2.90 bits per heavy atom. The number of likely N-dealkylation sites (tertiary alicyclic amines) is 1. The molecule has 0 bridgehead atoms. The van der Waals surface area contributed by atoms with Crippen LogP contribution in [0.1, 0.15) is 26.3 Å². The molecule has 3 aliphatic rings. The molecule has 0 radical (unpaired) electrons. The molecule has 0 spiro atoms. The molecule has 2 unspecified atom stereocenters. The van der Waals surface area contributed by atoms with Crippen molar-refractivity contribution >= 4 is 17.5 Å². The van der Waals surface area contributed by atoms with Crippen molar-refractivity contribution in [1.82, 2.24) is 20.4 Å². The van der Waals surface area contributed by atoms with E-state index in [0.29, 0.717) is 29.9 Å². The number of dihydropyridines is 1. The molecule has 2 saturated heterocycles. The van der Waals surface area contributed by atoms with E-state index >= 15 is 0 Å². The average molecular weight is 431 g/mol. The number of fused-ring (bicyclic) bond motifs is 1. The molecular formula is C23H31ClN4O2. The summed E-state index contributed by atoms with van der Waals surface area (Å²) >= 11 is 6.34. The molecule has 4 rings (SSSR count). The molecule has 1 aromatic carbocycles.